The SMILES string of the molecule is CC(C)N(C1CCCC1)S(=O)(=O)c1ccc(CCCCl)cc1. The summed E-state index contributed by atoms with van der Waals surface area (Å²) in [7, 11) is -3.41. The Kier molecular flexibility index (Phi) is 6.30. The molecule has 1 aliphatic rings. The van der Waals surface area contributed by atoms with Crippen molar-refractivity contribution in [2.75, 3.05) is 5.88 Å². The Morgan fingerprint density at radius 2 is 1.77 bits per heavy atom. The minimum absolute atomic E-state index is 0.0102. The average molecular weight is 344 g/mol. The molecular formula is C17H26ClNO2S. The van der Waals surface area contributed by atoms with Crippen molar-refractivity contribution >= 4 is 21.6 Å². The molecule has 0 heterocycles. The van der Waals surface area contributed by atoms with Crippen molar-refractivity contribution in [3.05, 3.63) is 29.8 Å². The molecule has 1 saturated carbocycles. The first kappa shape index (κ1) is 17.8. The lowest BCUT2D eigenvalue weighted by molar-refractivity contribution is 0.275. The second kappa shape index (κ2) is 7.80. The highest BCUT2D eigenvalue weighted by Crippen LogP contribution is 2.30. The fraction of sp³-hybridized carbons (Fsp3) is 0.647. The van der Waals surface area contributed by atoms with Crippen molar-refractivity contribution in [3.8, 4) is 0 Å². The lowest BCUT2D eigenvalue weighted by Gasteiger charge is -2.31. The van der Waals surface area contributed by atoms with Crippen LogP contribution in [0.5, 0.6) is 0 Å². The number of hydrogen-bond acceptors (Lipinski definition) is 2. The van der Waals surface area contributed by atoms with Crippen LogP contribution in [-0.2, 0) is 16.4 Å². The Morgan fingerprint density at radius 3 is 2.27 bits per heavy atom. The van der Waals surface area contributed by atoms with E-state index in [9.17, 15) is 8.42 Å². The first-order chi connectivity index (χ1) is 10.5. The van der Waals surface area contributed by atoms with Gasteiger partial charge in [-0.15, -0.1) is 11.6 Å². The van der Waals surface area contributed by atoms with E-state index in [1.54, 1.807) is 16.4 Å². The van der Waals surface area contributed by atoms with Crippen molar-refractivity contribution in [1.29, 1.82) is 0 Å². The molecule has 22 heavy (non-hydrogen) atoms. The first-order valence-electron chi connectivity index (χ1n) is 8.15. The quantitative estimate of drug-likeness (QED) is 0.696. The summed E-state index contributed by atoms with van der Waals surface area (Å²) >= 11 is 5.70. The molecule has 3 nitrogen and oxygen atoms in total. The lowest BCUT2D eigenvalue weighted by Crippen LogP contribution is -2.43. The Hall–Kier alpha value is -0.580. The molecule has 0 saturated heterocycles. The highest BCUT2D eigenvalue weighted by Gasteiger charge is 2.35. The second-order valence-electron chi connectivity index (χ2n) is 6.30. The van der Waals surface area contributed by atoms with E-state index in [-0.39, 0.29) is 12.1 Å². The number of halogens is 1. The Bertz CT molecular complexity index is 563. The third-order valence-electron chi connectivity index (χ3n) is 4.29. The standard InChI is InChI=1S/C17H26ClNO2S/c1-14(2)19(16-7-3-4-8-16)22(20,21)17-11-9-15(10-12-17)6-5-13-18/h9-12,14,16H,3-8,13H2,1-2H3. The number of sulfonamides is 1. The lowest BCUT2D eigenvalue weighted by atomic mass is 10.1. The van der Waals surface area contributed by atoms with Gasteiger partial charge < -0.3 is 0 Å². The number of rotatable bonds is 7. The van der Waals surface area contributed by atoms with Gasteiger partial charge in [0, 0.05) is 18.0 Å². The van der Waals surface area contributed by atoms with Crippen LogP contribution in [0.4, 0.5) is 0 Å². The van der Waals surface area contributed by atoms with Crippen LogP contribution >= 0.6 is 11.6 Å². The predicted molar refractivity (Wildman–Crippen MR) is 91.9 cm³/mol. The van der Waals surface area contributed by atoms with Gasteiger partial charge in [0.15, 0.2) is 0 Å². The molecule has 0 unspecified atom stereocenters. The summed E-state index contributed by atoms with van der Waals surface area (Å²) in [4.78, 5) is 0.405. The second-order valence-corrected chi connectivity index (χ2v) is 8.52. The van der Waals surface area contributed by atoms with Gasteiger partial charge in [-0.2, -0.15) is 4.31 Å². The highest BCUT2D eigenvalue weighted by molar-refractivity contribution is 7.89. The molecule has 0 aliphatic heterocycles. The summed E-state index contributed by atoms with van der Waals surface area (Å²) in [5.41, 5.74) is 1.14. The van der Waals surface area contributed by atoms with Gasteiger partial charge in [0.25, 0.3) is 0 Å². The van der Waals surface area contributed by atoms with Gasteiger partial charge in [0.05, 0.1) is 4.90 Å². The van der Waals surface area contributed by atoms with Gasteiger partial charge >= 0.3 is 0 Å². The molecule has 0 spiro atoms. The van der Waals surface area contributed by atoms with E-state index in [2.05, 4.69) is 0 Å². The Balaban J connectivity index is 2.23. The smallest absolute Gasteiger partial charge is 0.207 e. The van der Waals surface area contributed by atoms with Crippen LogP contribution in [0.2, 0.25) is 0 Å². The first-order valence-corrected chi connectivity index (χ1v) is 10.1. The molecule has 5 heteroatoms. The summed E-state index contributed by atoms with van der Waals surface area (Å²) in [5, 5.41) is 0. The van der Waals surface area contributed by atoms with Crippen LogP contribution in [0.3, 0.4) is 0 Å². The monoisotopic (exact) mass is 343 g/mol. The molecule has 0 bridgehead atoms. The number of nitrogens with zero attached hydrogens (tertiary/aromatic N) is 1. The Labute approximate surface area is 139 Å². The fourth-order valence-electron chi connectivity index (χ4n) is 3.27. The van der Waals surface area contributed by atoms with Crippen molar-refractivity contribution < 1.29 is 8.42 Å². The Morgan fingerprint density at radius 1 is 1.18 bits per heavy atom. The number of alkyl halides is 1. The molecule has 1 aromatic carbocycles. The zero-order valence-corrected chi connectivity index (χ0v) is 15.0. The average Bonchev–Trinajstić information content (AvgIpc) is 2.98. The van der Waals surface area contributed by atoms with E-state index in [0.29, 0.717) is 10.8 Å². The van der Waals surface area contributed by atoms with Crippen molar-refractivity contribution in [3.63, 3.8) is 0 Å². The molecule has 124 valence electrons. The van der Waals surface area contributed by atoms with Crippen LogP contribution in [0.15, 0.2) is 29.2 Å². The molecule has 0 amide bonds. The zero-order chi connectivity index (χ0) is 16.2. The molecule has 2 rings (SSSR count). The number of benzene rings is 1. The molecule has 0 atom stereocenters. The van der Waals surface area contributed by atoms with Gasteiger partial charge in [0.2, 0.25) is 10.0 Å². The fourth-order valence-corrected chi connectivity index (χ4v) is 5.29. The summed E-state index contributed by atoms with van der Waals surface area (Å²) in [6.45, 7) is 3.93. The van der Waals surface area contributed by atoms with Crippen molar-refractivity contribution in [2.45, 2.75) is 69.4 Å². The summed E-state index contributed by atoms with van der Waals surface area (Å²) in [5.74, 6) is 0.628. The van der Waals surface area contributed by atoms with Crippen LogP contribution < -0.4 is 0 Å². The maximum atomic E-state index is 13.0. The molecule has 0 radical (unpaired) electrons. The van der Waals surface area contributed by atoms with E-state index in [1.165, 1.54) is 0 Å². The summed E-state index contributed by atoms with van der Waals surface area (Å²) in [6.07, 6.45) is 6.01. The molecule has 1 fully saturated rings. The molecular weight excluding hydrogens is 318 g/mol. The highest BCUT2D eigenvalue weighted by atomic mass is 35.5. The maximum Gasteiger partial charge on any atom is 0.243 e. The van der Waals surface area contributed by atoms with Crippen LogP contribution in [0, 0.1) is 0 Å². The van der Waals surface area contributed by atoms with Crippen LogP contribution in [0.25, 0.3) is 0 Å². The molecule has 0 aromatic heterocycles. The van der Waals surface area contributed by atoms with Gasteiger partial charge in [-0.25, -0.2) is 8.42 Å². The van der Waals surface area contributed by atoms with Crippen LogP contribution in [0.1, 0.15) is 51.5 Å². The van der Waals surface area contributed by atoms with E-state index in [1.807, 2.05) is 26.0 Å². The summed E-state index contributed by atoms with van der Waals surface area (Å²) < 4.78 is 27.7. The minimum atomic E-state index is -3.41. The van der Waals surface area contributed by atoms with E-state index < -0.39 is 10.0 Å². The molecule has 0 N–H and O–H groups in total. The normalized spacial score (nSPS) is 16.8. The molecule has 1 aromatic rings. The zero-order valence-electron chi connectivity index (χ0n) is 13.5. The van der Waals surface area contributed by atoms with E-state index in [0.717, 1.165) is 44.1 Å². The van der Waals surface area contributed by atoms with Gasteiger partial charge in [-0.3, -0.25) is 0 Å². The van der Waals surface area contributed by atoms with Crippen LogP contribution in [-0.4, -0.2) is 30.7 Å². The molecule has 1 aliphatic carbocycles. The van der Waals surface area contributed by atoms with Gasteiger partial charge in [0.1, 0.15) is 0 Å². The number of aryl methyl sites for hydroxylation is 1. The van der Waals surface area contributed by atoms with Gasteiger partial charge in [-0.05, 0) is 57.2 Å². The van der Waals surface area contributed by atoms with Crippen molar-refractivity contribution in [1.82, 2.24) is 4.31 Å². The number of hydrogen-bond donors (Lipinski definition) is 0. The van der Waals surface area contributed by atoms with E-state index >= 15 is 0 Å². The largest absolute Gasteiger partial charge is 0.243 e. The minimum Gasteiger partial charge on any atom is -0.207 e. The predicted octanol–water partition coefficient (Wildman–Crippen LogP) is 4.20. The van der Waals surface area contributed by atoms with Gasteiger partial charge in [-0.1, -0.05) is 25.0 Å². The topological polar surface area (TPSA) is 37.4 Å². The third-order valence-corrected chi connectivity index (χ3v) is 6.70. The summed E-state index contributed by atoms with van der Waals surface area (Å²) in [6, 6.07) is 7.44. The maximum absolute atomic E-state index is 13.0. The third kappa shape index (κ3) is 4.03. The van der Waals surface area contributed by atoms with Crippen molar-refractivity contribution in [2.24, 2.45) is 0 Å². The van der Waals surface area contributed by atoms with E-state index in [4.69, 9.17) is 11.6 Å².